The van der Waals surface area contributed by atoms with Crippen molar-refractivity contribution in [3.8, 4) is 5.75 Å². The van der Waals surface area contributed by atoms with Gasteiger partial charge >= 0.3 is 0 Å². The second-order valence-corrected chi connectivity index (χ2v) is 5.08. The van der Waals surface area contributed by atoms with Crippen molar-refractivity contribution in [3.63, 3.8) is 0 Å². The first-order valence-corrected chi connectivity index (χ1v) is 7.33. The molecule has 0 aromatic heterocycles. The second kappa shape index (κ2) is 7.17. The Morgan fingerprint density at radius 3 is 2.47 bits per heavy atom. The summed E-state index contributed by atoms with van der Waals surface area (Å²) in [5.41, 5.74) is 0.768. The van der Waals surface area contributed by atoms with Crippen molar-refractivity contribution in [1.29, 1.82) is 0 Å². The van der Waals surface area contributed by atoms with Crippen LogP contribution in [0.2, 0.25) is 0 Å². The first-order valence-electron chi connectivity index (χ1n) is 7.33. The fourth-order valence-corrected chi connectivity index (χ4v) is 2.31. The fourth-order valence-electron chi connectivity index (χ4n) is 2.31. The molecule has 1 aromatic rings. The zero-order valence-corrected chi connectivity index (χ0v) is 11.7. The van der Waals surface area contributed by atoms with Crippen molar-refractivity contribution < 1.29 is 9.53 Å². The Balaban J connectivity index is 1.91. The Labute approximate surface area is 115 Å². The highest BCUT2D eigenvalue weighted by Crippen LogP contribution is 2.16. The van der Waals surface area contributed by atoms with Crippen LogP contribution in [0, 0.1) is 0 Å². The van der Waals surface area contributed by atoms with Crippen LogP contribution in [0.3, 0.4) is 0 Å². The number of amides is 1. The number of piperidine rings is 1. The predicted molar refractivity (Wildman–Crippen MR) is 76.6 cm³/mol. The predicted octanol–water partition coefficient (Wildman–Crippen LogP) is 3.49. The third-order valence-corrected chi connectivity index (χ3v) is 3.51. The van der Waals surface area contributed by atoms with Crippen molar-refractivity contribution in [2.24, 2.45) is 0 Å². The van der Waals surface area contributed by atoms with Crippen molar-refractivity contribution in [3.05, 3.63) is 29.8 Å². The SMILES string of the molecule is CCCCOc1ccc(C(=O)N2CCCCC2)cc1. The summed E-state index contributed by atoms with van der Waals surface area (Å²) in [5.74, 6) is 1.00. The van der Waals surface area contributed by atoms with Crippen LogP contribution in [0.1, 0.15) is 49.4 Å². The molecule has 1 fully saturated rings. The van der Waals surface area contributed by atoms with Crippen molar-refractivity contribution in [2.45, 2.75) is 39.0 Å². The van der Waals surface area contributed by atoms with Gasteiger partial charge in [-0.15, -0.1) is 0 Å². The van der Waals surface area contributed by atoms with E-state index in [1.807, 2.05) is 29.2 Å². The Hall–Kier alpha value is -1.51. The Morgan fingerprint density at radius 2 is 1.84 bits per heavy atom. The summed E-state index contributed by atoms with van der Waals surface area (Å²) in [6.07, 6.45) is 5.70. The number of carbonyl (C=O) groups excluding carboxylic acids is 1. The molecule has 1 heterocycles. The molecule has 0 unspecified atom stereocenters. The number of ether oxygens (including phenoxy) is 1. The van der Waals surface area contributed by atoms with E-state index < -0.39 is 0 Å². The number of hydrogen-bond donors (Lipinski definition) is 0. The molecule has 0 N–H and O–H groups in total. The van der Waals surface area contributed by atoms with Gasteiger partial charge in [0.05, 0.1) is 6.61 Å². The smallest absolute Gasteiger partial charge is 0.253 e. The average Bonchev–Trinajstić information content (AvgIpc) is 2.48. The zero-order valence-electron chi connectivity index (χ0n) is 11.7. The Kier molecular flexibility index (Phi) is 5.25. The molecule has 19 heavy (non-hydrogen) atoms. The van der Waals surface area contributed by atoms with Gasteiger partial charge in [-0.25, -0.2) is 0 Å². The highest BCUT2D eigenvalue weighted by atomic mass is 16.5. The lowest BCUT2D eigenvalue weighted by atomic mass is 10.1. The Morgan fingerprint density at radius 1 is 1.16 bits per heavy atom. The van der Waals surface area contributed by atoms with E-state index in [-0.39, 0.29) is 5.91 Å². The summed E-state index contributed by atoms with van der Waals surface area (Å²) in [6, 6.07) is 7.54. The van der Waals surface area contributed by atoms with Crippen LogP contribution in [-0.4, -0.2) is 30.5 Å². The maximum absolute atomic E-state index is 12.3. The zero-order chi connectivity index (χ0) is 13.5. The molecule has 104 valence electrons. The molecule has 1 aliphatic rings. The van der Waals surface area contributed by atoms with Gasteiger partial charge in [0, 0.05) is 18.7 Å². The summed E-state index contributed by atoms with van der Waals surface area (Å²) in [4.78, 5) is 14.2. The molecule has 0 atom stereocenters. The van der Waals surface area contributed by atoms with Gasteiger partial charge in [-0.1, -0.05) is 13.3 Å². The molecule has 0 bridgehead atoms. The van der Waals surface area contributed by atoms with Crippen LogP contribution in [0.25, 0.3) is 0 Å². The van der Waals surface area contributed by atoms with Gasteiger partial charge in [-0.2, -0.15) is 0 Å². The number of likely N-dealkylation sites (tertiary alicyclic amines) is 1. The molecule has 3 nitrogen and oxygen atoms in total. The molecule has 0 saturated carbocycles. The summed E-state index contributed by atoms with van der Waals surface area (Å²) >= 11 is 0. The average molecular weight is 261 g/mol. The van der Waals surface area contributed by atoms with Crippen LogP contribution in [0.4, 0.5) is 0 Å². The summed E-state index contributed by atoms with van der Waals surface area (Å²) < 4.78 is 5.60. The highest BCUT2D eigenvalue weighted by Gasteiger charge is 2.17. The van der Waals surface area contributed by atoms with Crippen LogP contribution >= 0.6 is 0 Å². The van der Waals surface area contributed by atoms with E-state index in [0.717, 1.165) is 56.7 Å². The molecular weight excluding hydrogens is 238 g/mol. The normalized spacial score (nSPS) is 15.3. The minimum Gasteiger partial charge on any atom is -0.494 e. The van der Waals surface area contributed by atoms with Crippen LogP contribution in [0.5, 0.6) is 5.75 Å². The van der Waals surface area contributed by atoms with E-state index in [0.29, 0.717) is 0 Å². The van der Waals surface area contributed by atoms with E-state index in [2.05, 4.69) is 6.92 Å². The molecule has 0 aliphatic carbocycles. The number of carbonyl (C=O) groups is 1. The first-order chi connectivity index (χ1) is 9.31. The molecule has 0 radical (unpaired) electrons. The molecule has 3 heteroatoms. The van der Waals surface area contributed by atoms with E-state index in [4.69, 9.17) is 4.74 Å². The van der Waals surface area contributed by atoms with Crippen molar-refractivity contribution >= 4 is 5.91 Å². The lowest BCUT2D eigenvalue weighted by molar-refractivity contribution is 0.0724. The largest absolute Gasteiger partial charge is 0.494 e. The Bertz CT molecular complexity index is 394. The fraction of sp³-hybridized carbons (Fsp3) is 0.562. The molecule has 1 saturated heterocycles. The standard InChI is InChI=1S/C16H23NO2/c1-2-3-13-19-15-9-7-14(8-10-15)16(18)17-11-5-4-6-12-17/h7-10H,2-6,11-13H2,1H3. The van der Waals surface area contributed by atoms with Crippen molar-refractivity contribution in [1.82, 2.24) is 4.90 Å². The molecule has 1 amide bonds. The van der Waals surface area contributed by atoms with E-state index in [1.54, 1.807) is 0 Å². The number of rotatable bonds is 5. The van der Waals surface area contributed by atoms with Gasteiger partial charge in [0.2, 0.25) is 0 Å². The van der Waals surface area contributed by atoms with Crippen LogP contribution in [0.15, 0.2) is 24.3 Å². The van der Waals surface area contributed by atoms with Gasteiger partial charge in [0.15, 0.2) is 0 Å². The quantitative estimate of drug-likeness (QED) is 0.759. The molecule has 1 aliphatic heterocycles. The third-order valence-electron chi connectivity index (χ3n) is 3.51. The van der Waals surface area contributed by atoms with E-state index in [9.17, 15) is 4.79 Å². The summed E-state index contributed by atoms with van der Waals surface area (Å²) in [6.45, 7) is 4.68. The number of hydrogen-bond acceptors (Lipinski definition) is 2. The van der Waals surface area contributed by atoms with Gasteiger partial charge in [0.1, 0.15) is 5.75 Å². The minimum absolute atomic E-state index is 0.153. The molecule has 1 aromatic carbocycles. The van der Waals surface area contributed by atoms with Gasteiger partial charge in [0.25, 0.3) is 5.91 Å². The molecule has 0 spiro atoms. The summed E-state index contributed by atoms with van der Waals surface area (Å²) in [5, 5.41) is 0. The number of benzene rings is 1. The van der Waals surface area contributed by atoms with Gasteiger partial charge in [-0.3, -0.25) is 4.79 Å². The van der Waals surface area contributed by atoms with Crippen molar-refractivity contribution in [2.75, 3.05) is 19.7 Å². The van der Waals surface area contributed by atoms with E-state index in [1.165, 1.54) is 6.42 Å². The van der Waals surface area contributed by atoms with E-state index >= 15 is 0 Å². The van der Waals surface area contributed by atoms with Crippen LogP contribution in [-0.2, 0) is 0 Å². The molecular formula is C16H23NO2. The summed E-state index contributed by atoms with van der Waals surface area (Å²) in [7, 11) is 0. The molecule has 2 rings (SSSR count). The lowest BCUT2D eigenvalue weighted by Gasteiger charge is -2.26. The second-order valence-electron chi connectivity index (χ2n) is 5.08. The topological polar surface area (TPSA) is 29.5 Å². The first kappa shape index (κ1) is 13.9. The monoisotopic (exact) mass is 261 g/mol. The maximum Gasteiger partial charge on any atom is 0.253 e. The highest BCUT2D eigenvalue weighted by molar-refractivity contribution is 5.94. The third kappa shape index (κ3) is 3.98. The minimum atomic E-state index is 0.153. The maximum atomic E-state index is 12.3. The van der Waals surface area contributed by atoms with Gasteiger partial charge in [-0.05, 0) is 49.9 Å². The van der Waals surface area contributed by atoms with Gasteiger partial charge < -0.3 is 9.64 Å². The van der Waals surface area contributed by atoms with Crippen LogP contribution < -0.4 is 4.74 Å². The number of nitrogens with zero attached hydrogens (tertiary/aromatic N) is 1. The lowest BCUT2D eigenvalue weighted by Crippen LogP contribution is -2.35. The number of unbranched alkanes of at least 4 members (excludes halogenated alkanes) is 1.